The van der Waals surface area contributed by atoms with E-state index in [4.69, 9.17) is 0 Å². The summed E-state index contributed by atoms with van der Waals surface area (Å²) in [5, 5.41) is 0. The first-order valence-electron chi connectivity index (χ1n) is 12.5. The second-order valence-electron chi connectivity index (χ2n) is 9.09. The number of hydrogen-bond donors (Lipinski definition) is 0. The number of rotatable bonds is 21. The van der Waals surface area contributed by atoms with E-state index in [0.717, 1.165) is 0 Å². The number of halogens is 1. The van der Waals surface area contributed by atoms with Gasteiger partial charge in [0.25, 0.3) is 0 Å². The Kier molecular flexibility index (Phi) is 24.6. The molecule has 0 atom stereocenters. The summed E-state index contributed by atoms with van der Waals surface area (Å²) in [5.74, 6) is 0. The van der Waals surface area contributed by atoms with Gasteiger partial charge in [0.2, 0.25) is 0 Å². The molecule has 0 saturated heterocycles. The lowest BCUT2D eigenvalue weighted by atomic mass is 10.1. The smallest absolute Gasteiger partial charge is 0.0784 e. The summed E-state index contributed by atoms with van der Waals surface area (Å²) in [6.07, 6.45) is 25.9. The molecule has 0 aliphatic heterocycles. The van der Waals surface area contributed by atoms with E-state index >= 15 is 0 Å². The Balaban J connectivity index is 0. The van der Waals surface area contributed by atoms with E-state index in [2.05, 4.69) is 27.8 Å². The van der Waals surface area contributed by atoms with Crippen molar-refractivity contribution < 1.29 is 16.9 Å². The molecule has 0 heterocycles. The van der Waals surface area contributed by atoms with E-state index < -0.39 is 0 Å². The zero-order valence-electron chi connectivity index (χ0n) is 19.7. The predicted octanol–water partition coefficient (Wildman–Crippen LogP) is 5.52. The summed E-state index contributed by atoms with van der Waals surface area (Å²) in [5.41, 5.74) is 0. The van der Waals surface area contributed by atoms with Gasteiger partial charge in [0.1, 0.15) is 0 Å². The lowest BCUT2D eigenvalue weighted by Gasteiger charge is -2.35. The van der Waals surface area contributed by atoms with E-state index in [-0.39, 0.29) is 12.4 Å². The van der Waals surface area contributed by atoms with Crippen LogP contribution in [0.25, 0.3) is 0 Å². The number of unbranched alkanes of at least 4 members (excludes halogenated alkanes) is 15. The molecule has 0 fully saturated rings. The molecule has 0 aliphatic rings. The Bertz CT molecular complexity index is 226. The molecule has 2 heteroatoms. The van der Waals surface area contributed by atoms with Crippen molar-refractivity contribution in [2.75, 3.05) is 26.7 Å². The molecule has 0 rings (SSSR count). The van der Waals surface area contributed by atoms with Gasteiger partial charge in [0, 0.05) is 0 Å². The SMILES string of the molecule is CCCCCCCC[N+](C)(CCCCCCCC)CCCCCCCC.[Cl-]. The van der Waals surface area contributed by atoms with Crippen molar-refractivity contribution in [3.8, 4) is 0 Å². The summed E-state index contributed by atoms with van der Waals surface area (Å²) >= 11 is 0. The molecule has 0 aliphatic carbocycles. The van der Waals surface area contributed by atoms with Crippen LogP contribution >= 0.6 is 0 Å². The van der Waals surface area contributed by atoms with Gasteiger partial charge in [-0.1, -0.05) is 97.8 Å². The Morgan fingerprint density at radius 2 is 0.593 bits per heavy atom. The molecule has 0 spiro atoms. The molecule has 0 saturated carbocycles. The molecule has 0 unspecified atom stereocenters. The Morgan fingerprint density at radius 3 is 0.852 bits per heavy atom. The largest absolute Gasteiger partial charge is 1.00 e. The fourth-order valence-electron chi connectivity index (χ4n) is 4.16. The highest BCUT2D eigenvalue weighted by Crippen LogP contribution is 2.16. The van der Waals surface area contributed by atoms with Gasteiger partial charge in [-0.3, -0.25) is 0 Å². The molecule has 0 aromatic rings. The molecule has 27 heavy (non-hydrogen) atoms. The average Bonchev–Trinajstić information content (AvgIpc) is 2.64. The van der Waals surface area contributed by atoms with Crippen LogP contribution in [0, 0.1) is 0 Å². The minimum absolute atomic E-state index is 0. The zero-order valence-corrected chi connectivity index (χ0v) is 20.4. The van der Waals surface area contributed by atoms with Crippen molar-refractivity contribution in [1.29, 1.82) is 0 Å². The molecule has 0 aromatic heterocycles. The van der Waals surface area contributed by atoms with Gasteiger partial charge in [-0.25, -0.2) is 0 Å². The highest BCUT2D eigenvalue weighted by molar-refractivity contribution is 4.51. The van der Waals surface area contributed by atoms with Crippen LogP contribution in [0.3, 0.4) is 0 Å². The van der Waals surface area contributed by atoms with E-state index in [9.17, 15) is 0 Å². The molecule has 0 bridgehead atoms. The second kappa shape index (κ2) is 22.5. The lowest BCUT2D eigenvalue weighted by Crippen LogP contribution is -3.00. The lowest BCUT2D eigenvalue weighted by molar-refractivity contribution is -0.910. The summed E-state index contributed by atoms with van der Waals surface area (Å²) in [6, 6.07) is 0. The van der Waals surface area contributed by atoms with Crippen LogP contribution in [0.1, 0.15) is 136 Å². The van der Waals surface area contributed by atoms with Gasteiger partial charge < -0.3 is 16.9 Å². The zero-order chi connectivity index (χ0) is 19.3. The van der Waals surface area contributed by atoms with Crippen LogP contribution in [0.4, 0.5) is 0 Å². The first kappa shape index (κ1) is 29.5. The highest BCUT2D eigenvalue weighted by Gasteiger charge is 2.20. The van der Waals surface area contributed by atoms with Gasteiger partial charge in [0.15, 0.2) is 0 Å². The van der Waals surface area contributed by atoms with E-state index in [1.165, 1.54) is 140 Å². The average molecular weight is 404 g/mol. The maximum Gasteiger partial charge on any atom is 0.0784 e. The minimum atomic E-state index is 0. The molecular formula is C25H54ClN. The van der Waals surface area contributed by atoms with Gasteiger partial charge in [-0.15, -0.1) is 0 Å². The molecule has 0 amide bonds. The molecule has 0 N–H and O–H groups in total. The first-order valence-corrected chi connectivity index (χ1v) is 12.5. The van der Waals surface area contributed by atoms with E-state index in [1.54, 1.807) is 0 Å². The topological polar surface area (TPSA) is 0 Å². The number of nitrogens with zero attached hydrogens (tertiary/aromatic N) is 1. The Labute approximate surface area is 180 Å². The Hall–Kier alpha value is 0.250. The van der Waals surface area contributed by atoms with Gasteiger partial charge in [-0.2, -0.15) is 0 Å². The summed E-state index contributed by atoms with van der Waals surface area (Å²) in [6.45, 7) is 11.2. The summed E-state index contributed by atoms with van der Waals surface area (Å²) in [7, 11) is 2.56. The van der Waals surface area contributed by atoms with Crippen LogP contribution in [-0.4, -0.2) is 31.2 Å². The van der Waals surface area contributed by atoms with Crippen LogP contribution in [0.2, 0.25) is 0 Å². The van der Waals surface area contributed by atoms with E-state index in [1.807, 2.05) is 0 Å². The van der Waals surface area contributed by atoms with Gasteiger partial charge in [0.05, 0.1) is 26.7 Å². The molecular weight excluding hydrogens is 350 g/mol. The van der Waals surface area contributed by atoms with Crippen molar-refractivity contribution >= 4 is 0 Å². The van der Waals surface area contributed by atoms with E-state index in [0.29, 0.717) is 0 Å². The molecule has 0 radical (unpaired) electrons. The fraction of sp³-hybridized carbons (Fsp3) is 1.00. The van der Waals surface area contributed by atoms with Crippen molar-refractivity contribution in [2.45, 2.75) is 136 Å². The number of hydrogen-bond acceptors (Lipinski definition) is 0. The standard InChI is InChI=1S/C25H54N.ClH/c1-5-8-11-14-17-20-23-26(4,24-21-18-15-12-9-6-2)25-22-19-16-13-10-7-3;/h5-25H2,1-4H3;1H/q+1;/p-1. The van der Waals surface area contributed by atoms with Crippen LogP contribution in [0.5, 0.6) is 0 Å². The van der Waals surface area contributed by atoms with Crippen molar-refractivity contribution in [3.05, 3.63) is 0 Å². The maximum absolute atomic E-state index is 2.56. The van der Waals surface area contributed by atoms with Crippen molar-refractivity contribution in [3.63, 3.8) is 0 Å². The van der Waals surface area contributed by atoms with Crippen LogP contribution in [0.15, 0.2) is 0 Å². The fourth-order valence-corrected chi connectivity index (χ4v) is 4.16. The second-order valence-corrected chi connectivity index (χ2v) is 9.09. The maximum atomic E-state index is 2.56. The van der Waals surface area contributed by atoms with Crippen LogP contribution in [-0.2, 0) is 0 Å². The van der Waals surface area contributed by atoms with Gasteiger partial charge in [-0.05, 0) is 38.5 Å². The van der Waals surface area contributed by atoms with Crippen molar-refractivity contribution in [1.82, 2.24) is 0 Å². The third-order valence-electron chi connectivity index (χ3n) is 6.15. The minimum Gasteiger partial charge on any atom is -1.00 e. The molecule has 166 valence electrons. The third kappa shape index (κ3) is 20.8. The number of quaternary nitrogens is 1. The quantitative estimate of drug-likeness (QED) is 0.175. The molecule has 0 aromatic carbocycles. The first-order chi connectivity index (χ1) is 12.7. The predicted molar refractivity (Wildman–Crippen MR) is 121 cm³/mol. The third-order valence-corrected chi connectivity index (χ3v) is 6.15. The summed E-state index contributed by atoms with van der Waals surface area (Å²) < 4.78 is 1.36. The summed E-state index contributed by atoms with van der Waals surface area (Å²) in [4.78, 5) is 0. The Morgan fingerprint density at radius 1 is 0.370 bits per heavy atom. The monoisotopic (exact) mass is 403 g/mol. The van der Waals surface area contributed by atoms with Gasteiger partial charge >= 0.3 is 0 Å². The highest BCUT2D eigenvalue weighted by atomic mass is 35.5. The molecule has 1 nitrogen and oxygen atoms in total. The normalized spacial score (nSPS) is 11.6. The van der Waals surface area contributed by atoms with Crippen LogP contribution < -0.4 is 12.4 Å². The van der Waals surface area contributed by atoms with Crippen molar-refractivity contribution in [2.24, 2.45) is 0 Å².